The molecule has 1 aliphatic heterocycles. The minimum Gasteiger partial charge on any atom is -0.444 e. The molecule has 1 heterocycles. The third kappa shape index (κ3) is 7.07. The molecule has 36 heavy (non-hydrogen) atoms. The van der Waals surface area contributed by atoms with E-state index < -0.39 is 15.6 Å². The minimum atomic E-state index is -3.76. The average molecular weight is 516 g/mol. The van der Waals surface area contributed by atoms with E-state index in [4.69, 9.17) is 4.74 Å². The van der Waals surface area contributed by atoms with Crippen LogP contribution in [0.3, 0.4) is 0 Å². The molecule has 0 radical (unpaired) electrons. The summed E-state index contributed by atoms with van der Waals surface area (Å²) < 4.78 is 34.4. The summed E-state index contributed by atoms with van der Waals surface area (Å²) in [5.41, 5.74) is 2.10. The number of sulfonamides is 1. The summed E-state index contributed by atoms with van der Waals surface area (Å²) in [4.78, 5) is 26.8. The van der Waals surface area contributed by atoms with Gasteiger partial charge in [-0.1, -0.05) is 18.2 Å². The van der Waals surface area contributed by atoms with Crippen molar-refractivity contribution in [2.75, 3.05) is 18.4 Å². The van der Waals surface area contributed by atoms with Gasteiger partial charge in [-0.2, -0.15) is 0 Å². The smallest absolute Gasteiger partial charge is 0.410 e. The summed E-state index contributed by atoms with van der Waals surface area (Å²) in [6.07, 6.45) is 1.04. The first-order valence-electron chi connectivity index (χ1n) is 12.2. The Morgan fingerprint density at radius 3 is 2.25 bits per heavy atom. The van der Waals surface area contributed by atoms with Crippen molar-refractivity contribution in [1.29, 1.82) is 0 Å². The molecule has 0 bridgehead atoms. The number of anilines is 1. The van der Waals surface area contributed by atoms with Gasteiger partial charge in [-0.3, -0.25) is 4.79 Å². The Labute approximate surface area is 214 Å². The highest BCUT2D eigenvalue weighted by Gasteiger charge is 2.31. The Bertz CT molecular complexity index is 1210. The molecular formula is C27H37N3O5S. The lowest BCUT2D eigenvalue weighted by atomic mass is 9.91. The maximum atomic E-state index is 13.1. The predicted molar refractivity (Wildman–Crippen MR) is 141 cm³/mol. The van der Waals surface area contributed by atoms with Crippen LogP contribution >= 0.6 is 0 Å². The number of hydrogen-bond donors (Lipinski definition) is 2. The van der Waals surface area contributed by atoms with Gasteiger partial charge in [-0.25, -0.2) is 17.9 Å². The molecule has 1 aliphatic rings. The number of hydrogen-bond acceptors (Lipinski definition) is 5. The minimum absolute atomic E-state index is 0.104. The molecule has 1 unspecified atom stereocenters. The number of rotatable bonds is 6. The standard InChI is InChI=1S/C27H37N3O5S/c1-18-9-7-8-10-23(18)25(31)28-24-12-11-22(17-19(24)2)36(33,34)29-20(3)21-13-15-30(16-14-21)26(32)35-27(4,5)6/h7-12,17,20-21,29H,13-16H2,1-6H3,(H,28,31). The largest absolute Gasteiger partial charge is 0.444 e. The molecule has 0 aliphatic carbocycles. The highest BCUT2D eigenvalue weighted by molar-refractivity contribution is 7.89. The normalized spacial score (nSPS) is 15.9. The summed E-state index contributed by atoms with van der Waals surface area (Å²) in [5.74, 6) is -0.136. The second-order valence-electron chi connectivity index (χ2n) is 10.5. The van der Waals surface area contributed by atoms with Crippen LogP contribution in [0.4, 0.5) is 10.5 Å². The molecule has 9 heteroatoms. The summed E-state index contributed by atoms with van der Waals surface area (Å²) in [6, 6.07) is 11.7. The number of amides is 2. The number of carbonyl (C=O) groups excluding carboxylic acids is 2. The van der Waals surface area contributed by atoms with Crippen LogP contribution in [0.25, 0.3) is 0 Å². The molecule has 2 aromatic rings. The monoisotopic (exact) mass is 515 g/mol. The van der Waals surface area contributed by atoms with Crippen LogP contribution < -0.4 is 10.0 Å². The van der Waals surface area contributed by atoms with E-state index in [0.717, 1.165) is 5.56 Å². The van der Waals surface area contributed by atoms with Crippen molar-refractivity contribution in [2.45, 2.75) is 70.9 Å². The zero-order valence-electron chi connectivity index (χ0n) is 21.9. The highest BCUT2D eigenvalue weighted by atomic mass is 32.2. The Morgan fingerprint density at radius 2 is 1.67 bits per heavy atom. The van der Waals surface area contributed by atoms with Gasteiger partial charge >= 0.3 is 6.09 Å². The fourth-order valence-corrected chi connectivity index (χ4v) is 5.68. The van der Waals surface area contributed by atoms with Gasteiger partial charge in [0.1, 0.15) is 5.60 Å². The quantitative estimate of drug-likeness (QED) is 0.571. The Hall–Kier alpha value is -2.91. The SMILES string of the molecule is Cc1cc(S(=O)(=O)NC(C)C2CCN(C(=O)OC(C)(C)C)CC2)ccc1NC(=O)c1ccccc1C. The molecule has 3 rings (SSSR count). The number of carbonyl (C=O) groups is 2. The van der Waals surface area contributed by atoms with Crippen LogP contribution in [0.1, 0.15) is 62.0 Å². The number of nitrogens with one attached hydrogen (secondary N) is 2. The molecule has 1 atom stereocenters. The molecule has 8 nitrogen and oxygen atoms in total. The van der Waals surface area contributed by atoms with Gasteiger partial charge in [0.2, 0.25) is 10.0 Å². The molecule has 2 amide bonds. The Morgan fingerprint density at radius 1 is 1.03 bits per heavy atom. The molecule has 1 saturated heterocycles. The summed E-state index contributed by atoms with van der Waals surface area (Å²) >= 11 is 0. The van der Waals surface area contributed by atoms with E-state index in [1.165, 1.54) is 6.07 Å². The van der Waals surface area contributed by atoms with E-state index in [0.29, 0.717) is 42.7 Å². The van der Waals surface area contributed by atoms with Gasteiger partial charge in [0, 0.05) is 30.4 Å². The van der Waals surface area contributed by atoms with Crippen LogP contribution in [0, 0.1) is 19.8 Å². The van der Waals surface area contributed by atoms with Crippen molar-refractivity contribution < 1.29 is 22.7 Å². The maximum absolute atomic E-state index is 13.1. The van der Waals surface area contributed by atoms with E-state index in [9.17, 15) is 18.0 Å². The van der Waals surface area contributed by atoms with Gasteiger partial charge in [-0.15, -0.1) is 0 Å². The van der Waals surface area contributed by atoms with Crippen molar-refractivity contribution in [3.8, 4) is 0 Å². The first kappa shape index (κ1) is 27.7. The Kier molecular flexibility index (Phi) is 8.46. The third-order valence-corrected chi connectivity index (χ3v) is 7.94. The van der Waals surface area contributed by atoms with E-state index in [2.05, 4.69) is 10.0 Å². The number of piperidine rings is 1. The molecule has 0 saturated carbocycles. The number of likely N-dealkylation sites (tertiary alicyclic amines) is 1. The van der Waals surface area contributed by atoms with Gasteiger partial charge in [0.05, 0.1) is 4.90 Å². The lowest BCUT2D eigenvalue weighted by molar-refractivity contribution is 0.0174. The fraction of sp³-hybridized carbons (Fsp3) is 0.481. The maximum Gasteiger partial charge on any atom is 0.410 e. The molecule has 1 fully saturated rings. The second kappa shape index (κ2) is 11.0. The zero-order chi connectivity index (χ0) is 26.7. The summed E-state index contributed by atoms with van der Waals surface area (Å²) in [5, 5.41) is 2.87. The van der Waals surface area contributed by atoms with E-state index >= 15 is 0 Å². The first-order valence-corrected chi connectivity index (χ1v) is 13.7. The Balaban J connectivity index is 1.61. The molecule has 2 N–H and O–H groups in total. The lowest BCUT2D eigenvalue weighted by Crippen LogP contribution is -2.46. The van der Waals surface area contributed by atoms with Crippen LogP contribution in [-0.4, -0.2) is 50.1 Å². The third-order valence-electron chi connectivity index (χ3n) is 6.39. The molecule has 0 aromatic heterocycles. The van der Waals surface area contributed by atoms with Gasteiger partial charge in [0.25, 0.3) is 5.91 Å². The second-order valence-corrected chi connectivity index (χ2v) is 12.2. The molecular weight excluding hydrogens is 478 g/mol. The zero-order valence-corrected chi connectivity index (χ0v) is 22.7. The van der Waals surface area contributed by atoms with Crippen molar-refractivity contribution in [2.24, 2.45) is 5.92 Å². The molecule has 2 aromatic carbocycles. The van der Waals surface area contributed by atoms with Gasteiger partial charge in [-0.05, 0) is 95.7 Å². The fourth-order valence-electron chi connectivity index (χ4n) is 4.28. The predicted octanol–water partition coefficient (Wildman–Crippen LogP) is 4.87. The summed E-state index contributed by atoms with van der Waals surface area (Å²) in [7, 11) is -3.76. The van der Waals surface area contributed by atoms with Crippen LogP contribution in [-0.2, 0) is 14.8 Å². The molecule has 0 spiro atoms. The first-order chi connectivity index (χ1) is 16.8. The highest BCUT2D eigenvalue weighted by Crippen LogP contribution is 2.25. The van der Waals surface area contributed by atoms with Crippen molar-refractivity contribution >= 4 is 27.7 Å². The van der Waals surface area contributed by atoms with Crippen molar-refractivity contribution in [3.63, 3.8) is 0 Å². The number of nitrogens with zero attached hydrogens (tertiary/aromatic N) is 1. The van der Waals surface area contributed by atoms with E-state index in [1.807, 2.05) is 46.8 Å². The average Bonchev–Trinajstić information content (AvgIpc) is 2.79. The van der Waals surface area contributed by atoms with Crippen LogP contribution in [0.2, 0.25) is 0 Å². The molecule has 196 valence electrons. The lowest BCUT2D eigenvalue weighted by Gasteiger charge is -2.35. The summed E-state index contributed by atoms with van der Waals surface area (Å²) in [6.45, 7) is 12.0. The topological polar surface area (TPSA) is 105 Å². The van der Waals surface area contributed by atoms with Crippen LogP contribution in [0.15, 0.2) is 47.4 Å². The van der Waals surface area contributed by atoms with Crippen molar-refractivity contribution in [3.05, 3.63) is 59.2 Å². The number of ether oxygens (including phenoxy) is 1. The number of benzene rings is 2. The van der Waals surface area contributed by atoms with Crippen molar-refractivity contribution in [1.82, 2.24) is 9.62 Å². The van der Waals surface area contributed by atoms with Gasteiger partial charge in [0.15, 0.2) is 0 Å². The van der Waals surface area contributed by atoms with Crippen LogP contribution in [0.5, 0.6) is 0 Å². The van der Waals surface area contributed by atoms with E-state index in [-0.39, 0.29) is 28.9 Å². The van der Waals surface area contributed by atoms with Gasteiger partial charge < -0.3 is 15.0 Å². The van der Waals surface area contributed by atoms with E-state index in [1.54, 1.807) is 36.1 Å². The number of aryl methyl sites for hydroxylation is 2.